The SMILES string of the molecule is C1CCC(c2nc3c([nH]2)CNC3)NC1. The molecule has 1 aromatic rings. The molecule has 1 atom stereocenters. The van der Waals surface area contributed by atoms with Gasteiger partial charge in [0.1, 0.15) is 5.82 Å². The van der Waals surface area contributed by atoms with E-state index in [4.69, 9.17) is 0 Å². The number of hydrogen-bond acceptors (Lipinski definition) is 3. The minimum Gasteiger partial charge on any atom is -0.343 e. The molecule has 0 amide bonds. The van der Waals surface area contributed by atoms with Crippen molar-refractivity contribution in [2.45, 2.75) is 38.4 Å². The molecule has 1 fully saturated rings. The minimum absolute atomic E-state index is 0.467. The van der Waals surface area contributed by atoms with Gasteiger partial charge in [0.15, 0.2) is 0 Å². The largest absolute Gasteiger partial charge is 0.343 e. The Kier molecular flexibility index (Phi) is 2.03. The summed E-state index contributed by atoms with van der Waals surface area (Å²) < 4.78 is 0. The van der Waals surface area contributed by atoms with Crippen molar-refractivity contribution in [1.82, 2.24) is 20.6 Å². The number of nitrogens with zero attached hydrogens (tertiary/aromatic N) is 1. The number of nitrogens with one attached hydrogen (secondary N) is 3. The molecule has 4 heteroatoms. The first-order valence-corrected chi connectivity index (χ1v) is 5.45. The fraction of sp³-hybridized carbons (Fsp3) is 0.700. The van der Waals surface area contributed by atoms with Crippen LogP contribution in [0.2, 0.25) is 0 Å². The lowest BCUT2D eigenvalue weighted by molar-refractivity contribution is 0.398. The summed E-state index contributed by atoms with van der Waals surface area (Å²) in [5.41, 5.74) is 2.50. The van der Waals surface area contributed by atoms with Crippen molar-refractivity contribution < 1.29 is 0 Å². The second-order valence-electron chi connectivity index (χ2n) is 4.15. The van der Waals surface area contributed by atoms with Gasteiger partial charge in [0.2, 0.25) is 0 Å². The summed E-state index contributed by atoms with van der Waals surface area (Å²) >= 11 is 0. The molecule has 2 aliphatic rings. The lowest BCUT2D eigenvalue weighted by atomic mass is 10.0. The van der Waals surface area contributed by atoms with Crippen LogP contribution in [0.1, 0.15) is 42.5 Å². The quantitative estimate of drug-likeness (QED) is 0.617. The molecule has 3 rings (SSSR count). The highest BCUT2D eigenvalue weighted by Gasteiger charge is 2.21. The second kappa shape index (κ2) is 3.37. The maximum Gasteiger partial charge on any atom is 0.123 e. The van der Waals surface area contributed by atoms with Crippen LogP contribution in [0.15, 0.2) is 0 Å². The molecule has 0 spiro atoms. The van der Waals surface area contributed by atoms with Crippen molar-refractivity contribution in [3.63, 3.8) is 0 Å². The molecule has 1 unspecified atom stereocenters. The Morgan fingerprint density at radius 2 is 2.21 bits per heavy atom. The Bertz CT molecular complexity index is 303. The third-order valence-electron chi connectivity index (χ3n) is 3.12. The van der Waals surface area contributed by atoms with E-state index in [0.29, 0.717) is 6.04 Å². The molecule has 3 heterocycles. The third-order valence-corrected chi connectivity index (χ3v) is 3.12. The van der Waals surface area contributed by atoms with Gasteiger partial charge in [0, 0.05) is 13.1 Å². The van der Waals surface area contributed by atoms with E-state index in [1.807, 2.05) is 0 Å². The summed E-state index contributed by atoms with van der Waals surface area (Å²) in [7, 11) is 0. The van der Waals surface area contributed by atoms with Crippen LogP contribution >= 0.6 is 0 Å². The van der Waals surface area contributed by atoms with Crippen LogP contribution in [0.3, 0.4) is 0 Å². The molecule has 0 radical (unpaired) electrons. The lowest BCUT2D eigenvalue weighted by Crippen LogP contribution is -2.27. The highest BCUT2D eigenvalue weighted by molar-refractivity contribution is 5.20. The molecule has 0 bridgehead atoms. The molecule has 0 aromatic carbocycles. The average Bonchev–Trinajstić information content (AvgIpc) is 2.78. The standard InChI is InChI=1S/C10H16N4/c1-2-4-12-7(3-1)10-13-8-5-11-6-9(8)14-10/h7,11-12H,1-6H2,(H,13,14). The first kappa shape index (κ1) is 8.44. The Hall–Kier alpha value is -0.870. The van der Waals surface area contributed by atoms with Crippen molar-refractivity contribution in [1.29, 1.82) is 0 Å². The first-order chi connectivity index (χ1) is 6.93. The summed E-state index contributed by atoms with van der Waals surface area (Å²) in [4.78, 5) is 8.06. The van der Waals surface area contributed by atoms with Crippen LogP contribution in [0, 0.1) is 0 Å². The summed E-state index contributed by atoms with van der Waals surface area (Å²) in [6.45, 7) is 3.02. The second-order valence-corrected chi connectivity index (χ2v) is 4.15. The van der Waals surface area contributed by atoms with Crippen LogP contribution in [0.25, 0.3) is 0 Å². The van der Waals surface area contributed by atoms with E-state index in [1.54, 1.807) is 0 Å². The summed E-state index contributed by atoms with van der Waals surface area (Å²) in [6, 6.07) is 0.467. The van der Waals surface area contributed by atoms with Crippen LogP contribution < -0.4 is 10.6 Å². The summed E-state index contributed by atoms with van der Waals surface area (Å²) in [5.74, 6) is 1.15. The van der Waals surface area contributed by atoms with Gasteiger partial charge >= 0.3 is 0 Å². The van der Waals surface area contributed by atoms with Gasteiger partial charge in [-0.3, -0.25) is 0 Å². The summed E-state index contributed by atoms with van der Waals surface area (Å²) in [5, 5.41) is 6.79. The molecular formula is C10H16N4. The monoisotopic (exact) mass is 192 g/mol. The zero-order chi connectivity index (χ0) is 9.38. The molecule has 3 N–H and O–H groups in total. The smallest absolute Gasteiger partial charge is 0.123 e. The number of rotatable bonds is 1. The zero-order valence-corrected chi connectivity index (χ0v) is 8.27. The van der Waals surface area contributed by atoms with Gasteiger partial charge in [-0.1, -0.05) is 6.42 Å². The third kappa shape index (κ3) is 1.35. The van der Waals surface area contributed by atoms with Crippen LogP contribution in [0.5, 0.6) is 0 Å². The zero-order valence-electron chi connectivity index (χ0n) is 8.27. The number of aromatic amines is 1. The Labute approximate surface area is 83.5 Å². The Balaban J connectivity index is 1.82. The topological polar surface area (TPSA) is 52.7 Å². The van der Waals surface area contributed by atoms with Gasteiger partial charge in [-0.25, -0.2) is 4.98 Å². The summed E-state index contributed by atoms with van der Waals surface area (Å²) in [6.07, 6.45) is 3.85. The van der Waals surface area contributed by atoms with Crippen molar-refractivity contribution in [2.24, 2.45) is 0 Å². The van der Waals surface area contributed by atoms with E-state index >= 15 is 0 Å². The minimum atomic E-state index is 0.467. The van der Waals surface area contributed by atoms with Crippen molar-refractivity contribution in [2.75, 3.05) is 6.54 Å². The van der Waals surface area contributed by atoms with Gasteiger partial charge in [-0.05, 0) is 19.4 Å². The molecule has 0 saturated carbocycles. The van der Waals surface area contributed by atoms with Crippen molar-refractivity contribution >= 4 is 0 Å². The number of fused-ring (bicyclic) bond motifs is 1. The van der Waals surface area contributed by atoms with Gasteiger partial charge in [0.25, 0.3) is 0 Å². The molecular weight excluding hydrogens is 176 g/mol. The van der Waals surface area contributed by atoms with E-state index in [1.165, 1.54) is 30.7 Å². The number of aromatic nitrogens is 2. The highest BCUT2D eigenvalue weighted by atomic mass is 15.1. The predicted molar refractivity (Wildman–Crippen MR) is 53.7 cm³/mol. The molecule has 14 heavy (non-hydrogen) atoms. The van der Waals surface area contributed by atoms with Crippen molar-refractivity contribution in [3.8, 4) is 0 Å². The molecule has 2 aliphatic heterocycles. The average molecular weight is 192 g/mol. The molecule has 4 nitrogen and oxygen atoms in total. The maximum absolute atomic E-state index is 4.63. The van der Waals surface area contributed by atoms with Gasteiger partial charge in [0.05, 0.1) is 17.4 Å². The number of hydrogen-bond donors (Lipinski definition) is 3. The van der Waals surface area contributed by atoms with E-state index in [-0.39, 0.29) is 0 Å². The number of H-pyrrole nitrogens is 1. The highest BCUT2D eigenvalue weighted by Crippen LogP contribution is 2.23. The molecule has 76 valence electrons. The Morgan fingerprint density at radius 3 is 3.00 bits per heavy atom. The van der Waals surface area contributed by atoms with E-state index in [9.17, 15) is 0 Å². The predicted octanol–water partition coefficient (Wildman–Crippen LogP) is 0.827. The van der Waals surface area contributed by atoms with E-state index in [0.717, 1.165) is 25.5 Å². The lowest BCUT2D eigenvalue weighted by Gasteiger charge is -2.21. The van der Waals surface area contributed by atoms with E-state index in [2.05, 4.69) is 20.6 Å². The fourth-order valence-electron chi connectivity index (χ4n) is 2.32. The molecule has 1 saturated heterocycles. The molecule has 1 aromatic heterocycles. The first-order valence-electron chi connectivity index (χ1n) is 5.45. The molecule has 0 aliphatic carbocycles. The van der Waals surface area contributed by atoms with E-state index < -0.39 is 0 Å². The number of imidazole rings is 1. The maximum atomic E-state index is 4.63. The Morgan fingerprint density at radius 1 is 1.21 bits per heavy atom. The fourth-order valence-corrected chi connectivity index (χ4v) is 2.32. The number of piperidine rings is 1. The van der Waals surface area contributed by atoms with Crippen LogP contribution in [0.4, 0.5) is 0 Å². The van der Waals surface area contributed by atoms with Gasteiger partial charge < -0.3 is 15.6 Å². The van der Waals surface area contributed by atoms with Gasteiger partial charge in [-0.2, -0.15) is 0 Å². The van der Waals surface area contributed by atoms with Crippen LogP contribution in [-0.2, 0) is 13.1 Å². The van der Waals surface area contributed by atoms with Crippen LogP contribution in [-0.4, -0.2) is 16.5 Å². The van der Waals surface area contributed by atoms with Crippen molar-refractivity contribution in [3.05, 3.63) is 17.2 Å². The normalized spacial score (nSPS) is 26.4. The van der Waals surface area contributed by atoms with Gasteiger partial charge in [-0.15, -0.1) is 0 Å².